The van der Waals surface area contributed by atoms with Gasteiger partial charge in [0.05, 0.1) is 11.2 Å². The van der Waals surface area contributed by atoms with Gasteiger partial charge in [0.15, 0.2) is 0 Å². The number of hydrogen-bond donors (Lipinski definition) is 3. The van der Waals surface area contributed by atoms with Crippen molar-refractivity contribution in [3.63, 3.8) is 0 Å². The summed E-state index contributed by atoms with van der Waals surface area (Å²) in [7, 11) is 0. The summed E-state index contributed by atoms with van der Waals surface area (Å²) in [5.41, 5.74) is 6.30. The van der Waals surface area contributed by atoms with Crippen LogP contribution in [0.5, 0.6) is 5.75 Å². The van der Waals surface area contributed by atoms with Gasteiger partial charge in [-0.15, -0.1) is 0 Å². The van der Waals surface area contributed by atoms with E-state index in [1.54, 1.807) is 6.07 Å². The standard InChI is InChI=1S/C23H32N2O3/c1-14-7-8-23(28)18-11-16-5-6-17(21(24)27)20(26)19(16)22(23,12-14)9-10-25(18)13-15-3-2-4-15/h5-6,14-15,18,26,28H,2-4,7-13H2,1H3,(H2,24,27)/t14-,18-,22-,23-/m1/s1. The van der Waals surface area contributed by atoms with Crippen LogP contribution in [-0.4, -0.2) is 45.8 Å². The number of likely N-dealkylation sites (tertiary alicyclic amines) is 1. The molecule has 5 nitrogen and oxygen atoms in total. The number of aliphatic hydroxyl groups is 1. The molecular weight excluding hydrogens is 352 g/mol. The Bertz CT molecular complexity index is 820. The Morgan fingerprint density at radius 2 is 2.07 bits per heavy atom. The van der Waals surface area contributed by atoms with Crippen molar-refractivity contribution in [2.75, 3.05) is 13.1 Å². The number of amides is 1. The monoisotopic (exact) mass is 384 g/mol. The van der Waals surface area contributed by atoms with E-state index in [-0.39, 0.29) is 17.4 Å². The lowest BCUT2D eigenvalue weighted by Gasteiger charge is -2.65. The normalized spacial score (nSPS) is 37.6. The highest BCUT2D eigenvalue weighted by molar-refractivity contribution is 5.96. The molecule has 28 heavy (non-hydrogen) atoms. The van der Waals surface area contributed by atoms with Crippen LogP contribution in [0.2, 0.25) is 0 Å². The first-order valence-corrected chi connectivity index (χ1v) is 11.0. The van der Waals surface area contributed by atoms with Crippen molar-refractivity contribution in [3.05, 3.63) is 28.8 Å². The molecule has 3 aliphatic carbocycles. The van der Waals surface area contributed by atoms with Crippen LogP contribution >= 0.6 is 0 Å². The maximum Gasteiger partial charge on any atom is 0.252 e. The molecule has 1 aromatic carbocycles. The molecule has 152 valence electrons. The molecule has 2 bridgehead atoms. The molecule has 1 heterocycles. The van der Waals surface area contributed by atoms with Crippen molar-refractivity contribution in [2.24, 2.45) is 17.6 Å². The highest BCUT2D eigenvalue weighted by Crippen LogP contribution is 2.61. The number of rotatable bonds is 3. The molecule has 4 aliphatic rings. The molecule has 0 radical (unpaired) electrons. The van der Waals surface area contributed by atoms with Crippen molar-refractivity contribution in [1.82, 2.24) is 4.90 Å². The highest BCUT2D eigenvalue weighted by Gasteiger charge is 2.65. The Kier molecular flexibility index (Phi) is 4.08. The van der Waals surface area contributed by atoms with Gasteiger partial charge < -0.3 is 15.9 Å². The summed E-state index contributed by atoms with van der Waals surface area (Å²) in [5.74, 6) is 0.671. The number of carbonyl (C=O) groups excluding carboxylic acids is 1. The smallest absolute Gasteiger partial charge is 0.252 e. The van der Waals surface area contributed by atoms with Crippen LogP contribution in [-0.2, 0) is 11.8 Å². The minimum atomic E-state index is -0.845. The first-order valence-electron chi connectivity index (χ1n) is 11.0. The first kappa shape index (κ1) is 18.4. The molecule has 0 aromatic heterocycles. The van der Waals surface area contributed by atoms with Gasteiger partial charge in [0.1, 0.15) is 5.75 Å². The molecule has 1 aromatic rings. The lowest BCUT2D eigenvalue weighted by molar-refractivity contribution is -0.176. The van der Waals surface area contributed by atoms with E-state index < -0.39 is 16.9 Å². The van der Waals surface area contributed by atoms with Crippen LogP contribution in [0.1, 0.15) is 73.4 Å². The van der Waals surface area contributed by atoms with E-state index in [1.165, 1.54) is 19.3 Å². The van der Waals surface area contributed by atoms with Gasteiger partial charge in [-0.1, -0.05) is 19.4 Å². The molecule has 5 heteroatoms. The number of hydrogen-bond acceptors (Lipinski definition) is 4. The second-order valence-corrected chi connectivity index (χ2v) is 9.98. The van der Waals surface area contributed by atoms with Crippen molar-refractivity contribution >= 4 is 5.91 Å². The summed E-state index contributed by atoms with van der Waals surface area (Å²) in [4.78, 5) is 14.4. The Labute approximate surface area is 166 Å². The minimum Gasteiger partial charge on any atom is -0.507 e. The summed E-state index contributed by atoms with van der Waals surface area (Å²) >= 11 is 0. The molecule has 5 rings (SSSR count). The fourth-order valence-electron chi connectivity index (χ4n) is 6.89. The fourth-order valence-corrected chi connectivity index (χ4v) is 6.89. The molecule has 1 aliphatic heterocycles. The summed E-state index contributed by atoms with van der Waals surface area (Å²) in [5, 5.41) is 23.3. The number of benzene rings is 1. The number of carbonyl (C=O) groups is 1. The van der Waals surface area contributed by atoms with Crippen LogP contribution in [0.3, 0.4) is 0 Å². The van der Waals surface area contributed by atoms with Crippen LogP contribution in [0.4, 0.5) is 0 Å². The summed E-state index contributed by atoms with van der Waals surface area (Å²) in [6, 6.07) is 3.73. The van der Waals surface area contributed by atoms with Gasteiger partial charge in [-0.25, -0.2) is 0 Å². The molecule has 1 amide bonds. The van der Waals surface area contributed by atoms with Gasteiger partial charge in [0.2, 0.25) is 0 Å². The lowest BCUT2D eigenvalue weighted by atomic mass is 9.48. The maximum atomic E-state index is 12.2. The molecule has 3 fully saturated rings. The van der Waals surface area contributed by atoms with Gasteiger partial charge in [-0.3, -0.25) is 9.69 Å². The number of aromatic hydroxyl groups is 1. The zero-order valence-corrected chi connectivity index (χ0v) is 16.8. The highest BCUT2D eigenvalue weighted by atomic mass is 16.3. The zero-order valence-electron chi connectivity index (χ0n) is 16.8. The number of nitrogens with zero attached hydrogens (tertiary/aromatic N) is 1. The minimum absolute atomic E-state index is 0.0171. The average Bonchev–Trinajstić information content (AvgIpc) is 2.59. The van der Waals surface area contributed by atoms with E-state index in [4.69, 9.17) is 5.73 Å². The van der Waals surface area contributed by atoms with Gasteiger partial charge in [0, 0.05) is 23.6 Å². The number of phenols is 1. The van der Waals surface area contributed by atoms with Crippen LogP contribution in [0, 0.1) is 11.8 Å². The van der Waals surface area contributed by atoms with Crippen LogP contribution in [0.25, 0.3) is 0 Å². The molecule has 4 atom stereocenters. The largest absolute Gasteiger partial charge is 0.507 e. The van der Waals surface area contributed by atoms with Gasteiger partial charge in [-0.05, 0) is 75.0 Å². The fraction of sp³-hybridized carbons (Fsp3) is 0.696. The van der Waals surface area contributed by atoms with E-state index >= 15 is 0 Å². The van der Waals surface area contributed by atoms with Gasteiger partial charge in [-0.2, -0.15) is 0 Å². The lowest BCUT2D eigenvalue weighted by Crippen LogP contribution is -2.73. The molecule has 4 N–H and O–H groups in total. The molecule has 1 saturated heterocycles. The maximum absolute atomic E-state index is 12.2. The van der Waals surface area contributed by atoms with E-state index in [0.29, 0.717) is 5.92 Å². The van der Waals surface area contributed by atoms with E-state index in [2.05, 4.69) is 11.8 Å². The second kappa shape index (κ2) is 6.20. The molecule has 0 unspecified atom stereocenters. The Balaban J connectivity index is 1.65. The third kappa shape index (κ3) is 2.35. The predicted molar refractivity (Wildman–Crippen MR) is 107 cm³/mol. The van der Waals surface area contributed by atoms with Crippen molar-refractivity contribution in [1.29, 1.82) is 0 Å². The third-order valence-corrected chi connectivity index (χ3v) is 8.50. The van der Waals surface area contributed by atoms with E-state index in [0.717, 1.165) is 62.2 Å². The summed E-state index contributed by atoms with van der Waals surface area (Å²) in [6.45, 7) is 4.28. The number of piperidine rings is 1. The van der Waals surface area contributed by atoms with Gasteiger partial charge in [0.25, 0.3) is 5.91 Å². The number of fused-ring (bicyclic) bond motifs is 1. The molecule has 0 spiro atoms. The first-order chi connectivity index (χ1) is 13.4. The van der Waals surface area contributed by atoms with Crippen molar-refractivity contribution in [3.8, 4) is 5.75 Å². The van der Waals surface area contributed by atoms with Crippen molar-refractivity contribution < 1.29 is 15.0 Å². The number of nitrogens with two attached hydrogens (primary N) is 1. The molecular formula is C23H32N2O3. The second-order valence-electron chi connectivity index (χ2n) is 9.98. The summed E-state index contributed by atoms with van der Waals surface area (Å²) < 4.78 is 0. The van der Waals surface area contributed by atoms with E-state index in [1.807, 2.05) is 6.07 Å². The quantitative estimate of drug-likeness (QED) is 0.748. The SMILES string of the molecule is C[C@@H]1CC[C@@]2(O)[C@H]3Cc4ccc(C(N)=O)c(O)c4[C@@]2(CCN3CC2CCC2)C1. The third-order valence-electron chi connectivity index (χ3n) is 8.50. The van der Waals surface area contributed by atoms with Crippen LogP contribution in [0.15, 0.2) is 12.1 Å². The van der Waals surface area contributed by atoms with Crippen LogP contribution < -0.4 is 5.73 Å². The Hall–Kier alpha value is -1.59. The molecule has 2 saturated carbocycles. The van der Waals surface area contributed by atoms with Crippen molar-refractivity contribution in [2.45, 2.75) is 75.3 Å². The summed E-state index contributed by atoms with van der Waals surface area (Å²) in [6.07, 6.45) is 8.16. The zero-order chi connectivity index (χ0) is 19.7. The topological polar surface area (TPSA) is 86.8 Å². The van der Waals surface area contributed by atoms with E-state index in [9.17, 15) is 15.0 Å². The Morgan fingerprint density at radius 3 is 2.75 bits per heavy atom. The number of primary amides is 1. The predicted octanol–water partition coefficient (Wildman–Crippen LogP) is 2.71. The Morgan fingerprint density at radius 1 is 1.29 bits per heavy atom. The average molecular weight is 385 g/mol. The van der Waals surface area contributed by atoms with Gasteiger partial charge >= 0.3 is 0 Å².